The predicted octanol–water partition coefficient (Wildman–Crippen LogP) is 3.04. The zero-order valence-corrected chi connectivity index (χ0v) is 16.1. The van der Waals surface area contributed by atoms with E-state index in [1.807, 2.05) is 30.3 Å². The molecule has 2 saturated heterocycles. The Morgan fingerprint density at radius 3 is 2.19 bits per heavy atom. The van der Waals surface area contributed by atoms with Crippen LogP contribution in [0.5, 0.6) is 0 Å². The second-order valence-corrected chi connectivity index (χ2v) is 7.22. The van der Waals surface area contributed by atoms with Crippen LogP contribution < -0.4 is 9.96 Å². The van der Waals surface area contributed by atoms with Crippen LogP contribution in [0.15, 0.2) is 79.1 Å². The van der Waals surface area contributed by atoms with Gasteiger partial charge >= 0.3 is 0 Å². The molecule has 2 fully saturated rings. The highest BCUT2D eigenvalue weighted by Gasteiger charge is 2.60. The number of carbonyl (C=O) groups is 2. The molecule has 5 rings (SSSR count). The topological polar surface area (TPSA) is 106 Å². The van der Waals surface area contributed by atoms with Crippen molar-refractivity contribution >= 4 is 28.9 Å². The third-order valence-corrected chi connectivity index (χ3v) is 5.49. The fraction of sp³-hybridized carbons (Fsp3) is 0.136. The van der Waals surface area contributed by atoms with Gasteiger partial charge in [0.1, 0.15) is 5.92 Å². The van der Waals surface area contributed by atoms with Crippen LogP contribution in [0.2, 0.25) is 0 Å². The van der Waals surface area contributed by atoms with Crippen LogP contribution in [0.25, 0.3) is 0 Å². The largest absolute Gasteiger partial charge is 0.273 e. The molecule has 3 atom stereocenters. The highest BCUT2D eigenvalue weighted by molar-refractivity contribution is 6.23. The van der Waals surface area contributed by atoms with Crippen molar-refractivity contribution in [3.63, 3.8) is 0 Å². The van der Waals surface area contributed by atoms with Gasteiger partial charge in [-0.1, -0.05) is 18.2 Å². The lowest BCUT2D eigenvalue weighted by molar-refractivity contribution is -0.384. The van der Waals surface area contributed by atoms with Gasteiger partial charge in [-0.2, -0.15) is 0 Å². The summed E-state index contributed by atoms with van der Waals surface area (Å²) in [5, 5.41) is 12.5. The molecular weight excluding hydrogens is 400 g/mol. The Bertz CT molecular complexity index is 1150. The first-order valence-corrected chi connectivity index (χ1v) is 9.59. The number of fused-ring (bicyclic) bond motifs is 1. The molecule has 0 N–H and O–H groups in total. The first-order valence-electron chi connectivity index (χ1n) is 9.59. The molecule has 0 aliphatic carbocycles. The third kappa shape index (κ3) is 3.03. The molecule has 154 valence electrons. The lowest BCUT2D eigenvalue weighted by atomic mass is 9.91. The number of nitro benzene ring substituents is 1. The lowest BCUT2D eigenvalue weighted by Crippen LogP contribution is -2.37. The fourth-order valence-electron chi connectivity index (χ4n) is 4.09. The molecule has 2 aliphatic heterocycles. The Morgan fingerprint density at radius 1 is 0.871 bits per heavy atom. The highest BCUT2D eigenvalue weighted by Crippen LogP contribution is 2.47. The first-order chi connectivity index (χ1) is 15.1. The van der Waals surface area contributed by atoms with E-state index in [-0.39, 0.29) is 11.4 Å². The summed E-state index contributed by atoms with van der Waals surface area (Å²) in [6.07, 6.45) is 2.25. The Labute approximate surface area is 176 Å². The van der Waals surface area contributed by atoms with E-state index in [2.05, 4.69) is 4.98 Å². The Balaban J connectivity index is 1.54. The molecule has 9 heteroatoms. The normalized spacial score (nSPS) is 22.6. The molecule has 2 amide bonds. The first kappa shape index (κ1) is 18.9. The lowest BCUT2D eigenvalue weighted by Gasteiger charge is -2.28. The average Bonchev–Trinajstić information content (AvgIpc) is 3.31. The quantitative estimate of drug-likeness (QED) is 0.366. The van der Waals surface area contributed by atoms with E-state index >= 15 is 0 Å². The summed E-state index contributed by atoms with van der Waals surface area (Å²) >= 11 is 0. The minimum absolute atomic E-state index is 0.121. The number of pyridine rings is 1. The van der Waals surface area contributed by atoms with Crippen LogP contribution in [0, 0.1) is 16.0 Å². The number of hydrogen-bond donors (Lipinski definition) is 0. The van der Waals surface area contributed by atoms with Crippen molar-refractivity contribution in [3.8, 4) is 0 Å². The molecule has 3 heterocycles. The van der Waals surface area contributed by atoms with Crippen LogP contribution in [0.1, 0.15) is 11.6 Å². The Kier molecular flexibility index (Phi) is 4.45. The number of aromatic nitrogens is 1. The fourth-order valence-corrected chi connectivity index (χ4v) is 4.09. The molecule has 0 bridgehead atoms. The number of para-hydroxylation sites is 1. The zero-order chi connectivity index (χ0) is 21.5. The van der Waals surface area contributed by atoms with Crippen molar-refractivity contribution in [1.82, 2.24) is 4.98 Å². The summed E-state index contributed by atoms with van der Waals surface area (Å²) in [6.45, 7) is 0. The minimum Gasteiger partial charge on any atom is -0.273 e. The van der Waals surface area contributed by atoms with Gasteiger partial charge in [0.25, 0.3) is 11.6 Å². The third-order valence-electron chi connectivity index (χ3n) is 5.49. The van der Waals surface area contributed by atoms with Gasteiger partial charge in [0, 0.05) is 24.5 Å². The van der Waals surface area contributed by atoms with Gasteiger partial charge in [0.2, 0.25) is 5.91 Å². The van der Waals surface area contributed by atoms with E-state index in [4.69, 9.17) is 4.84 Å². The van der Waals surface area contributed by atoms with E-state index < -0.39 is 34.8 Å². The number of hydroxylamine groups is 1. The molecule has 2 aliphatic rings. The molecule has 3 aromatic rings. The standard InChI is InChI=1S/C22H16N4O5/c27-21-18-19(14-10-12-23-13-11-14)25(16-4-2-1-3-5-16)31-20(18)22(28)24(21)15-6-8-17(9-7-15)26(29)30/h1-13,18-20H/t18-,19-,20+/m1/s1. The smallest absolute Gasteiger partial charge is 0.269 e. The van der Waals surface area contributed by atoms with Gasteiger partial charge in [-0.25, -0.2) is 9.96 Å². The number of carbonyl (C=O) groups excluding carboxylic acids is 2. The van der Waals surface area contributed by atoms with Gasteiger partial charge in [-0.05, 0) is 42.0 Å². The van der Waals surface area contributed by atoms with Gasteiger partial charge in [-0.15, -0.1) is 0 Å². The van der Waals surface area contributed by atoms with Crippen molar-refractivity contribution in [2.24, 2.45) is 5.92 Å². The van der Waals surface area contributed by atoms with Gasteiger partial charge in [0.15, 0.2) is 6.10 Å². The number of rotatable bonds is 4. The van der Waals surface area contributed by atoms with Crippen LogP contribution >= 0.6 is 0 Å². The second-order valence-electron chi connectivity index (χ2n) is 7.22. The molecule has 9 nitrogen and oxygen atoms in total. The summed E-state index contributed by atoms with van der Waals surface area (Å²) in [5.74, 6) is -1.68. The van der Waals surface area contributed by atoms with Crippen molar-refractivity contribution in [2.75, 3.05) is 9.96 Å². The number of hydrogen-bond acceptors (Lipinski definition) is 7. The maximum atomic E-state index is 13.4. The number of amides is 2. The summed E-state index contributed by atoms with van der Waals surface area (Å²) < 4.78 is 0. The number of benzene rings is 2. The minimum atomic E-state index is -0.999. The van der Waals surface area contributed by atoms with Gasteiger partial charge in [0.05, 0.1) is 22.3 Å². The van der Waals surface area contributed by atoms with Crippen molar-refractivity contribution in [1.29, 1.82) is 0 Å². The van der Waals surface area contributed by atoms with E-state index in [1.54, 1.807) is 29.6 Å². The molecule has 0 radical (unpaired) electrons. The Hall–Kier alpha value is -4.11. The van der Waals surface area contributed by atoms with Crippen molar-refractivity contribution in [2.45, 2.75) is 12.1 Å². The van der Waals surface area contributed by atoms with E-state index in [0.29, 0.717) is 0 Å². The average molecular weight is 416 g/mol. The number of nitro groups is 1. The molecule has 1 aromatic heterocycles. The maximum Gasteiger partial charge on any atom is 0.269 e. The summed E-state index contributed by atoms with van der Waals surface area (Å²) in [5.41, 5.74) is 1.67. The number of nitrogens with zero attached hydrogens (tertiary/aromatic N) is 4. The molecule has 2 aromatic carbocycles. The van der Waals surface area contributed by atoms with E-state index in [9.17, 15) is 19.7 Å². The molecular formula is C22H16N4O5. The van der Waals surface area contributed by atoms with Gasteiger partial charge < -0.3 is 0 Å². The monoisotopic (exact) mass is 416 g/mol. The Morgan fingerprint density at radius 2 is 1.55 bits per heavy atom. The predicted molar refractivity (Wildman–Crippen MR) is 110 cm³/mol. The van der Waals surface area contributed by atoms with E-state index in [1.165, 1.54) is 24.3 Å². The number of imide groups is 1. The summed E-state index contributed by atoms with van der Waals surface area (Å²) in [4.78, 5) is 48.1. The SMILES string of the molecule is O=C1[C@H]2[C@H](ON(c3ccccc3)[C@@H]2c2ccncc2)C(=O)N1c1ccc([N+](=O)[O-])cc1. The van der Waals surface area contributed by atoms with Crippen molar-refractivity contribution in [3.05, 3.63) is 94.8 Å². The van der Waals surface area contributed by atoms with Crippen LogP contribution in [-0.2, 0) is 14.4 Å². The van der Waals surface area contributed by atoms with Crippen LogP contribution in [-0.4, -0.2) is 27.8 Å². The summed E-state index contributed by atoms with van der Waals surface area (Å²) in [7, 11) is 0. The molecule has 31 heavy (non-hydrogen) atoms. The number of anilines is 2. The second kappa shape index (κ2) is 7.29. The van der Waals surface area contributed by atoms with Crippen LogP contribution in [0.3, 0.4) is 0 Å². The van der Waals surface area contributed by atoms with Crippen molar-refractivity contribution < 1.29 is 19.3 Å². The number of non-ortho nitro benzene ring substituents is 1. The van der Waals surface area contributed by atoms with Gasteiger partial charge in [-0.3, -0.25) is 29.5 Å². The summed E-state index contributed by atoms with van der Waals surface area (Å²) in [6, 6.07) is 17.6. The molecule has 0 spiro atoms. The zero-order valence-electron chi connectivity index (χ0n) is 16.1. The maximum absolute atomic E-state index is 13.4. The molecule has 0 unspecified atom stereocenters. The van der Waals surface area contributed by atoms with Crippen LogP contribution in [0.4, 0.5) is 17.1 Å². The van der Waals surface area contributed by atoms with E-state index in [0.717, 1.165) is 16.2 Å². The highest BCUT2D eigenvalue weighted by atomic mass is 16.7. The molecule has 0 saturated carbocycles.